The van der Waals surface area contributed by atoms with Gasteiger partial charge in [-0.2, -0.15) is 0 Å². The molecule has 0 aliphatic rings. The van der Waals surface area contributed by atoms with Gasteiger partial charge in [0.15, 0.2) is 9.84 Å². The quantitative estimate of drug-likeness (QED) is 0.855. The lowest BCUT2D eigenvalue weighted by Crippen LogP contribution is -2.09. The van der Waals surface area contributed by atoms with Crippen molar-refractivity contribution in [2.45, 2.75) is 17.6 Å². The first-order chi connectivity index (χ1) is 9.31. The Morgan fingerprint density at radius 1 is 1.25 bits per heavy atom. The lowest BCUT2D eigenvalue weighted by Gasteiger charge is -2.10. The first kappa shape index (κ1) is 15.0. The van der Waals surface area contributed by atoms with E-state index in [1.165, 1.54) is 18.2 Å². The number of sulfone groups is 1. The third-order valence-corrected chi connectivity index (χ3v) is 5.32. The van der Waals surface area contributed by atoms with Crippen molar-refractivity contribution in [1.29, 1.82) is 0 Å². The molecule has 0 saturated heterocycles. The molecule has 0 bridgehead atoms. The van der Waals surface area contributed by atoms with Crippen LogP contribution in [0, 0.1) is 12.7 Å². The van der Waals surface area contributed by atoms with E-state index in [2.05, 4.69) is 15.9 Å². The van der Waals surface area contributed by atoms with E-state index in [9.17, 15) is 12.8 Å². The number of nitrogens with two attached hydrogens (primary N) is 1. The summed E-state index contributed by atoms with van der Waals surface area (Å²) in [7, 11) is -3.64. The number of benzene rings is 2. The predicted molar refractivity (Wildman–Crippen MR) is 80.6 cm³/mol. The van der Waals surface area contributed by atoms with E-state index in [0.717, 1.165) is 0 Å². The predicted octanol–water partition coefficient (Wildman–Crippen LogP) is 3.45. The number of hydrogen-bond acceptors (Lipinski definition) is 3. The minimum Gasteiger partial charge on any atom is -0.398 e. The Bertz CT molecular complexity index is 760. The molecule has 0 aromatic heterocycles. The summed E-state index contributed by atoms with van der Waals surface area (Å²) in [6.45, 7) is 1.64. The van der Waals surface area contributed by atoms with E-state index in [1.54, 1.807) is 25.1 Å². The Morgan fingerprint density at radius 3 is 2.60 bits per heavy atom. The molecule has 0 saturated carbocycles. The fourth-order valence-corrected chi connectivity index (χ4v) is 3.89. The summed E-state index contributed by atoms with van der Waals surface area (Å²) in [5, 5.41) is 0. The van der Waals surface area contributed by atoms with Gasteiger partial charge in [0.05, 0.1) is 10.6 Å². The van der Waals surface area contributed by atoms with Gasteiger partial charge in [-0.05, 0) is 36.8 Å². The standard InChI is InChI=1S/C14H13BrFNO2S/c1-9-13(17)3-2-4-14(9)20(18,19)8-10-5-6-11(15)7-12(10)16/h2-7H,8,17H2,1H3. The van der Waals surface area contributed by atoms with Gasteiger partial charge in [-0.15, -0.1) is 0 Å². The molecule has 0 fully saturated rings. The molecule has 20 heavy (non-hydrogen) atoms. The van der Waals surface area contributed by atoms with Crippen molar-refractivity contribution < 1.29 is 12.8 Å². The first-order valence-electron chi connectivity index (χ1n) is 5.83. The SMILES string of the molecule is Cc1c(N)cccc1S(=O)(=O)Cc1ccc(Br)cc1F. The van der Waals surface area contributed by atoms with Crippen LogP contribution in [0.15, 0.2) is 45.8 Å². The van der Waals surface area contributed by atoms with Gasteiger partial charge < -0.3 is 5.73 Å². The molecule has 6 heteroatoms. The van der Waals surface area contributed by atoms with E-state index < -0.39 is 21.4 Å². The molecule has 2 N–H and O–H groups in total. The largest absolute Gasteiger partial charge is 0.398 e. The molecule has 106 valence electrons. The molecule has 2 aromatic rings. The summed E-state index contributed by atoms with van der Waals surface area (Å²) in [6, 6.07) is 9.01. The zero-order chi connectivity index (χ0) is 14.9. The van der Waals surface area contributed by atoms with Crippen molar-refractivity contribution in [2.24, 2.45) is 0 Å². The molecular formula is C14H13BrFNO2S. The highest BCUT2D eigenvalue weighted by Gasteiger charge is 2.20. The van der Waals surface area contributed by atoms with Crippen molar-refractivity contribution in [1.82, 2.24) is 0 Å². The van der Waals surface area contributed by atoms with Crippen LogP contribution in [-0.4, -0.2) is 8.42 Å². The van der Waals surface area contributed by atoms with E-state index >= 15 is 0 Å². The number of rotatable bonds is 3. The van der Waals surface area contributed by atoms with E-state index in [1.807, 2.05) is 0 Å². The Morgan fingerprint density at radius 2 is 1.95 bits per heavy atom. The molecule has 0 aliphatic heterocycles. The number of halogens is 2. The zero-order valence-electron chi connectivity index (χ0n) is 10.7. The summed E-state index contributed by atoms with van der Waals surface area (Å²) >= 11 is 3.14. The average Bonchev–Trinajstić information content (AvgIpc) is 2.36. The third kappa shape index (κ3) is 3.02. The molecular weight excluding hydrogens is 345 g/mol. The number of nitrogen functional groups attached to an aromatic ring is 1. The van der Waals surface area contributed by atoms with E-state index in [4.69, 9.17) is 5.73 Å². The molecule has 2 aromatic carbocycles. The highest BCUT2D eigenvalue weighted by Crippen LogP contribution is 2.25. The zero-order valence-corrected chi connectivity index (χ0v) is 13.1. The topological polar surface area (TPSA) is 60.2 Å². The molecule has 0 aliphatic carbocycles. The van der Waals surface area contributed by atoms with Gasteiger partial charge in [0.1, 0.15) is 5.82 Å². The Kier molecular flexibility index (Phi) is 4.15. The maximum atomic E-state index is 13.8. The molecule has 0 spiro atoms. The Labute approximate surface area is 125 Å². The average molecular weight is 358 g/mol. The maximum Gasteiger partial charge on any atom is 0.182 e. The molecule has 0 heterocycles. The van der Waals surface area contributed by atoms with Crippen LogP contribution in [0.4, 0.5) is 10.1 Å². The monoisotopic (exact) mass is 357 g/mol. The van der Waals surface area contributed by atoms with Gasteiger partial charge in [0, 0.05) is 15.7 Å². The molecule has 0 radical (unpaired) electrons. The molecule has 0 amide bonds. The van der Waals surface area contributed by atoms with Crippen LogP contribution in [0.1, 0.15) is 11.1 Å². The van der Waals surface area contributed by atoms with Crippen LogP contribution in [0.25, 0.3) is 0 Å². The summed E-state index contributed by atoms with van der Waals surface area (Å²) < 4.78 is 39.1. The molecule has 3 nitrogen and oxygen atoms in total. The van der Waals surface area contributed by atoms with Crippen molar-refractivity contribution >= 4 is 31.5 Å². The second-order valence-electron chi connectivity index (χ2n) is 4.47. The van der Waals surface area contributed by atoms with Crippen LogP contribution in [0.3, 0.4) is 0 Å². The van der Waals surface area contributed by atoms with Gasteiger partial charge >= 0.3 is 0 Å². The highest BCUT2D eigenvalue weighted by molar-refractivity contribution is 9.10. The van der Waals surface area contributed by atoms with Gasteiger partial charge in [-0.25, -0.2) is 12.8 Å². The van der Waals surface area contributed by atoms with Gasteiger partial charge in [-0.3, -0.25) is 0 Å². The second-order valence-corrected chi connectivity index (χ2v) is 7.34. The lowest BCUT2D eigenvalue weighted by molar-refractivity contribution is 0.586. The number of anilines is 1. The molecule has 2 rings (SSSR count). The van der Waals surface area contributed by atoms with Gasteiger partial charge in [0.25, 0.3) is 0 Å². The molecule has 0 unspecified atom stereocenters. The fourth-order valence-electron chi connectivity index (χ4n) is 1.89. The smallest absolute Gasteiger partial charge is 0.182 e. The summed E-state index contributed by atoms with van der Waals surface area (Å²) in [5.41, 5.74) is 6.75. The van der Waals surface area contributed by atoms with Gasteiger partial charge in [0.2, 0.25) is 0 Å². The van der Waals surface area contributed by atoms with Crippen LogP contribution in [-0.2, 0) is 15.6 Å². The summed E-state index contributed by atoms with van der Waals surface area (Å²) in [4.78, 5) is 0.139. The maximum absolute atomic E-state index is 13.8. The summed E-state index contributed by atoms with van der Waals surface area (Å²) in [5.74, 6) is -0.944. The third-order valence-electron chi connectivity index (χ3n) is 3.02. The highest BCUT2D eigenvalue weighted by atomic mass is 79.9. The van der Waals surface area contributed by atoms with Crippen molar-refractivity contribution in [2.75, 3.05) is 5.73 Å². The van der Waals surface area contributed by atoms with E-state index in [-0.39, 0.29) is 10.5 Å². The Hall–Kier alpha value is -1.40. The van der Waals surface area contributed by atoms with Crippen molar-refractivity contribution in [3.63, 3.8) is 0 Å². The fraction of sp³-hybridized carbons (Fsp3) is 0.143. The minimum absolute atomic E-state index is 0.134. The Balaban J connectivity index is 2.44. The molecule has 0 atom stereocenters. The normalized spacial score (nSPS) is 11.6. The minimum atomic E-state index is -3.64. The van der Waals surface area contributed by atoms with Crippen molar-refractivity contribution in [3.8, 4) is 0 Å². The lowest BCUT2D eigenvalue weighted by atomic mass is 10.2. The van der Waals surface area contributed by atoms with Gasteiger partial charge in [-0.1, -0.05) is 28.1 Å². The second kappa shape index (κ2) is 5.54. The first-order valence-corrected chi connectivity index (χ1v) is 8.27. The summed E-state index contributed by atoms with van der Waals surface area (Å²) in [6.07, 6.45) is 0. The number of hydrogen-bond donors (Lipinski definition) is 1. The van der Waals surface area contributed by atoms with Crippen LogP contribution in [0.5, 0.6) is 0 Å². The van der Waals surface area contributed by atoms with Crippen LogP contribution < -0.4 is 5.73 Å². The van der Waals surface area contributed by atoms with Crippen LogP contribution >= 0.6 is 15.9 Å². The van der Waals surface area contributed by atoms with Crippen LogP contribution in [0.2, 0.25) is 0 Å². The van der Waals surface area contributed by atoms with E-state index in [0.29, 0.717) is 15.7 Å². The van der Waals surface area contributed by atoms with Crippen molar-refractivity contribution in [3.05, 3.63) is 57.8 Å².